The summed E-state index contributed by atoms with van der Waals surface area (Å²) in [5.74, 6) is -0.116. The molecule has 0 bridgehead atoms. The van der Waals surface area contributed by atoms with Crippen molar-refractivity contribution >= 4 is 13.5 Å². The largest absolute Gasteiger partial charge is 0.524 e. The van der Waals surface area contributed by atoms with E-state index in [1.54, 1.807) is 30.3 Å². The van der Waals surface area contributed by atoms with Gasteiger partial charge >= 0.3 is 7.82 Å². The molecule has 7 nitrogen and oxygen atoms in total. The van der Waals surface area contributed by atoms with Crippen LogP contribution in [0.2, 0.25) is 0 Å². The van der Waals surface area contributed by atoms with Crippen LogP contribution < -0.4 is 4.52 Å². The van der Waals surface area contributed by atoms with Crippen molar-refractivity contribution in [3.63, 3.8) is 0 Å². The van der Waals surface area contributed by atoms with Crippen molar-refractivity contribution in [3.8, 4) is 16.9 Å². The van der Waals surface area contributed by atoms with Gasteiger partial charge < -0.3 is 4.52 Å². The Morgan fingerprint density at radius 2 is 1.75 bits per heavy atom. The van der Waals surface area contributed by atoms with Gasteiger partial charge in [0, 0.05) is 17.7 Å². The van der Waals surface area contributed by atoms with E-state index in [1.165, 1.54) is 12.1 Å². The minimum atomic E-state index is -4.74. The number of nitro benzene ring substituents is 1. The van der Waals surface area contributed by atoms with Crippen molar-refractivity contribution in [2.75, 3.05) is 0 Å². The Balaban J connectivity index is 2.57. The molecule has 20 heavy (non-hydrogen) atoms. The maximum absolute atomic E-state index is 10.9. The summed E-state index contributed by atoms with van der Waals surface area (Å²) in [6, 6.07) is 12.0. The van der Waals surface area contributed by atoms with Gasteiger partial charge in [0.1, 0.15) is 5.75 Å². The first-order valence-electron chi connectivity index (χ1n) is 5.46. The number of hydrogen-bond acceptors (Lipinski definition) is 4. The van der Waals surface area contributed by atoms with Crippen LogP contribution in [0.1, 0.15) is 0 Å². The van der Waals surface area contributed by atoms with Crippen LogP contribution in [-0.2, 0) is 4.57 Å². The Kier molecular flexibility index (Phi) is 3.85. The molecule has 2 aromatic rings. The summed E-state index contributed by atoms with van der Waals surface area (Å²) in [5, 5.41) is 10.8. The molecule has 2 rings (SSSR count). The number of non-ortho nitro benzene ring substituents is 1. The second kappa shape index (κ2) is 5.42. The molecule has 0 aliphatic heterocycles. The Morgan fingerprint density at radius 1 is 1.10 bits per heavy atom. The highest BCUT2D eigenvalue weighted by Crippen LogP contribution is 2.43. The molecule has 0 aliphatic rings. The van der Waals surface area contributed by atoms with Crippen LogP contribution in [0.5, 0.6) is 5.75 Å². The predicted octanol–water partition coefficient (Wildman–Crippen LogP) is 2.73. The molecule has 0 aliphatic carbocycles. The van der Waals surface area contributed by atoms with Crippen LogP contribution in [0.15, 0.2) is 48.5 Å². The van der Waals surface area contributed by atoms with Crippen molar-refractivity contribution in [1.29, 1.82) is 0 Å². The first kappa shape index (κ1) is 14.2. The second-order valence-electron chi connectivity index (χ2n) is 3.89. The van der Waals surface area contributed by atoms with Crippen LogP contribution in [0, 0.1) is 10.1 Å². The molecule has 0 saturated heterocycles. The summed E-state index contributed by atoms with van der Waals surface area (Å²) in [7, 11) is -4.74. The van der Waals surface area contributed by atoms with E-state index < -0.39 is 12.7 Å². The summed E-state index contributed by atoms with van der Waals surface area (Å²) in [6.45, 7) is 0. The Labute approximate surface area is 113 Å². The second-order valence-corrected chi connectivity index (χ2v) is 5.05. The minimum absolute atomic E-state index is 0.116. The highest BCUT2D eigenvalue weighted by molar-refractivity contribution is 7.46. The molecule has 0 unspecified atom stereocenters. The number of benzene rings is 2. The van der Waals surface area contributed by atoms with Crippen LogP contribution in [0.25, 0.3) is 11.1 Å². The molecule has 0 aromatic heterocycles. The third-order valence-corrected chi connectivity index (χ3v) is 2.91. The molecule has 104 valence electrons. The zero-order chi connectivity index (χ0) is 14.8. The lowest BCUT2D eigenvalue weighted by Gasteiger charge is -2.11. The van der Waals surface area contributed by atoms with Gasteiger partial charge in [-0.1, -0.05) is 30.3 Å². The van der Waals surface area contributed by atoms with Gasteiger partial charge in [-0.3, -0.25) is 19.9 Å². The predicted molar refractivity (Wildman–Crippen MR) is 71.2 cm³/mol. The maximum Gasteiger partial charge on any atom is 0.524 e. The molecular weight excluding hydrogens is 285 g/mol. The number of nitro groups is 1. The van der Waals surface area contributed by atoms with Crippen LogP contribution in [0.3, 0.4) is 0 Å². The van der Waals surface area contributed by atoms with Crippen molar-refractivity contribution < 1.29 is 23.8 Å². The fourth-order valence-electron chi connectivity index (χ4n) is 1.68. The molecular formula is C12H10NO6P. The van der Waals surface area contributed by atoms with Crippen molar-refractivity contribution in [3.05, 3.63) is 58.6 Å². The molecule has 0 fully saturated rings. The standard InChI is InChI=1S/C12H10NO6P/c14-13(15)10-6-7-12(19-20(16,17)18)11(8-10)9-4-2-1-3-5-9/h1-8H,(H2,16,17,18). The van der Waals surface area contributed by atoms with Gasteiger partial charge in [-0.05, 0) is 11.6 Å². The molecule has 0 amide bonds. The number of phosphoric acid groups is 1. The van der Waals surface area contributed by atoms with E-state index in [9.17, 15) is 14.7 Å². The monoisotopic (exact) mass is 295 g/mol. The normalized spacial score (nSPS) is 11.1. The van der Waals surface area contributed by atoms with Gasteiger partial charge in [0.05, 0.1) is 4.92 Å². The summed E-state index contributed by atoms with van der Waals surface area (Å²) in [6.07, 6.45) is 0. The summed E-state index contributed by atoms with van der Waals surface area (Å²) >= 11 is 0. The third-order valence-electron chi connectivity index (χ3n) is 2.48. The molecule has 2 N–H and O–H groups in total. The Bertz CT molecular complexity index is 682. The minimum Gasteiger partial charge on any atom is -0.404 e. The molecule has 8 heteroatoms. The molecule has 0 radical (unpaired) electrons. The van der Waals surface area contributed by atoms with E-state index >= 15 is 0 Å². The van der Waals surface area contributed by atoms with Gasteiger partial charge in [-0.2, -0.15) is 0 Å². The average molecular weight is 295 g/mol. The lowest BCUT2D eigenvalue weighted by atomic mass is 10.0. The van der Waals surface area contributed by atoms with E-state index in [1.807, 2.05) is 0 Å². The highest BCUT2D eigenvalue weighted by Gasteiger charge is 2.21. The summed E-state index contributed by atoms with van der Waals surface area (Å²) in [4.78, 5) is 28.0. The van der Waals surface area contributed by atoms with E-state index in [0.29, 0.717) is 5.56 Å². The quantitative estimate of drug-likeness (QED) is 0.510. The van der Waals surface area contributed by atoms with E-state index in [4.69, 9.17) is 9.79 Å². The molecule has 0 spiro atoms. The van der Waals surface area contributed by atoms with Gasteiger partial charge in [0.2, 0.25) is 0 Å². The van der Waals surface area contributed by atoms with Crippen molar-refractivity contribution in [2.45, 2.75) is 0 Å². The van der Waals surface area contributed by atoms with Crippen molar-refractivity contribution in [1.82, 2.24) is 0 Å². The number of nitrogens with zero attached hydrogens (tertiary/aromatic N) is 1. The van der Waals surface area contributed by atoms with E-state index in [0.717, 1.165) is 6.07 Å². The van der Waals surface area contributed by atoms with Crippen molar-refractivity contribution in [2.24, 2.45) is 0 Å². The smallest absolute Gasteiger partial charge is 0.404 e. The molecule has 0 heterocycles. The summed E-state index contributed by atoms with van der Waals surface area (Å²) < 4.78 is 15.5. The molecule has 0 atom stereocenters. The zero-order valence-corrected chi connectivity index (χ0v) is 10.9. The molecule has 0 saturated carbocycles. The number of hydrogen-bond donors (Lipinski definition) is 2. The zero-order valence-electron chi connectivity index (χ0n) is 10.0. The Morgan fingerprint density at radius 3 is 2.30 bits per heavy atom. The van der Waals surface area contributed by atoms with Crippen LogP contribution >= 0.6 is 7.82 Å². The average Bonchev–Trinajstić information content (AvgIpc) is 2.38. The first-order chi connectivity index (χ1) is 9.37. The fourth-order valence-corrected chi connectivity index (χ4v) is 2.10. The van der Waals surface area contributed by atoms with Gasteiger partial charge in [-0.25, -0.2) is 4.57 Å². The van der Waals surface area contributed by atoms with Gasteiger partial charge in [0.15, 0.2) is 0 Å². The first-order valence-corrected chi connectivity index (χ1v) is 6.99. The number of rotatable bonds is 4. The van der Waals surface area contributed by atoms with Gasteiger partial charge in [-0.15, -0.1) is 0 Å². The topological polar surface area (TPSA) is 110 Å². The summed E-state index contributed by atoms with van der Waals surface area (Å²) in [5.41, 5.74) is 0.602. The highest BCUT2D eigenvalue weighted by atomic mass is 31.2. The van der Waals surface area contributed by atoms with E-state index in [2.05, 4.69) is 4.52 Å². The van der Waals surface area contributed by atoms with E-state index in [-0.39, 0.29) is 17.0 Å². The SMILES string of the molecule is O=[N+]([O-])c1ccc(OP(=O)(O)O)c(-c2ccccc2)c1. The molecule has 2 aromatic carbocycles. The number of phosphoric ester groups is 1. The maximum atomic E-state index is 10.9. The third kappa shape index (κ3) is 3.42. The lowest BCUT2D eigenvalue weighted by molar-refractivity contribution is -0.384. The Hall–Kier alpha value is -2.21. The lowest BCUT2D eigenvalue weighted by Crippen LogP contribution is -1.95. The van der Waals surface area contributed by atoms with Crippen LogP contribution in [-0.4, -0.2) is 14.7 Å². The van der Waals surface area contributed by atoms with Gasteiger partial charge in [0.25, 0.3) is 5.69 Å². The van der Waals surface area contributed by atoms with Crippen LogP contribution in [0.4, 0.5) is 5.69 Å². The fraction of sp³-hybridized carbons (Fsp3) is 0.